The van der Waals surface area contributed by atoms with Crippen LogP contribution in [0, 0.1) is 5.82 Å². The van der Waals surface area contributed by atoms with Crippen LogP contribution in [-0.4, -0.2) is 6.54 Å². The number of hydrogen-bond donors (Lipinski definition) is 1. The third kappa shape index (κ3) is 4.44. The second-order valence-corrected chi connectivity index (χ2v) is 5.76. The van der Waals surface area contributed by atoms with Crippen molar-refractivity contribution in [2.24, 2.45) is 0 Å². The van der Waals surface area contributed by atoms with Crippen LogP contribution in [0.15, 0.2) is 42.5 Å². The van der Waals surface area contributed by atoms with E-state index in [2.05, 4.69) is 12.2 Å². The molecule has 2 aromatic carbocycles. The highest BCUT2D eigenvalue weighted by atomic mass is 35.5. The summed E-state index contributed by atoms with van der Waals surface area (Å²) in [5.74, 6) is -0.228. The van der Waals surface area contributed by atoms with Crippen molar-refractivity contribution in [2.45, 2.75) is 25.8 Å². The molecule has 0 aliphatic carbocycles. The van der Waals surface area contributed by atoms with Crippen LogP contribution in [0.4, 0.5) is 4.39 Å². The Morgan fingerprint density at radius 2 is 1.81 bits per heavy atom. The van der Waals surface area contributed by atoms with Crippen molar-refractivity contribution < 1.29 is 4.39 Å². The standard InChI is InChI=1S/C17H18Cl2FN/c1-2-10-21-16(12-6-8-14(20)9-7-12)11-13-4-3-5-15(18)17(13)19/h3-9,16,21H,2,10-11H2,1H3. The summed E-state index contributed by atoms with van der Waals surface area (Å²) < 4.78 is 13.1. The maximum Gasteiger partial charge on any atom is 0.123 e. The molecular weight excluding hydrogens is 308 g/mol. The summed E-state index contributed by atoms with van der Waals surface area (Å²) in [7, 11) is 0. The highest BCUT2D eigenvalue weighted by Gasteiger charge is 2.14. The molecule has 1 unspecified atom stereocenters. The molecule has 0 fully saturated rings. The number of rotatable bonds is 6. The minimum Gasteiger partial charge on any atom is -0.310 e. The molecule has 0 aliphatic heterocycles. The van der Waals surface area contributed by atoms with Gasteiger partial charge in [-0.05, 0) is 48.7 Å². The van der Waals surface area contributed by atoms with Gasteiger partial charge in [0.05, 0.1) is 10.0 Å². The minimum absolute atomic E-state index is 0.0847. The van der Waals surface area contributed by atoms with E-state index in [1.165, 1.54) is 12.1 Å². The molecular formula is C17H18Cl2FN. The van der Waals surface area contributed by atoms with E-state index >= 15 is 0 Å². The highest BCUT2D eigenvalue weighted by molar-refractivity contribution is 6.42. The summed E-state index contributed by atoms with van der Waals surface area (Å²) in [4.78, 5) is 0. The Hall–Kier alpha value is -1.09. The first-order chi connectivity index (χ1) is 10.1. The third-order valence-corrected chi connectivity index (χ3v) is 4.23. The lowest BCUT2D eigenvalue weighted by atomic mass is 9.98. The molecule has 4 heteroatoms. The van der Waals surface area contributed by atoms with Gasteiger partial charge in [0.25, 0.3) is 0 Å². The van der Waals surface area contributed by atoms with Crippen LogP contribution in [0.2, 0.25) is 10.0 Å². The van der Waals surface area contributed by atoms with Crippen LogP contribution in [0.25, 0.3) is 0 Å². The molecule has 0 aliphatic rings. The maximum atomic E-state index is 13.1. The van der Waals surface area contributed by atoms with Gasteiger partial charge in [-0.1, -0.05) is 54.4 Å². The molecule has 1 atom stereocenters. The SMILES string of the molecule is CCCNC(Cc1cccc(Cl)c1Cl)c1ccc(F)cc1. The first kappa shape index (κ1) is 16.3. The first-order valence-corrected chi connectivity index (χ1v) is 7.79. The molecule has 0 aromatic heterocycles. The second kappa shape index (κ2) is 7.79. The highest BCUT2D eigenvalue weighted by Crippen LogP contribution is 2.29. The largest absolute Gasteiger partial charge is 0.310 e. The summed E-state index contributed by atoms with van der Waals surface area (Å²) in [6.45, 7) is 3.00. The zero-order valence-corrected chi connectivity index (χ0v) is 13.4. The molecule has 21 heavy (non-hydrogen) atoms. The Labute approximate surface area is 135 Å². The average molecular weight is 326 g/mol. The van der Waals surface area contributed by atoms with Crippen molar-refractivity contribution in [3.63, 3.8) is 0 Å². The van der Waals surface area contributed by atoms with Crippen molar-refractivity contribution in [1.82, 2.24) is 5.32 Å². The lowest BCUT2D eigenvalue weighted by Gasteiger charge is -2.20. The lowest BCUT2D eigenvalue weighted by molar-refractivity contribution is 0.527. The van der Waals surface area contributed by atoms with Crippen LogP contribution in [0.1, 0.15) is 30.5 Å². The predicted octanol–water partition coefficient (Wildman–Crippen LogP) is 5.42. The van der Waals surface area contributed by atoms with Gasteiger partial charge in [0, 0.05) is 6.04 Å². The Bertz CT molecular complexity index is 584. The molecule has 2 rings (SSSR count). The van der Waals surface area contributed by atoms with E-state index in [1.807, 2.05) is 12.1 Å². The molecule has 0 amide bonds. The number of halogens is 3. The van der Waals surface area contributed by atoms with Gasteiger partial charge in [0.15, 0.2) is 0 Å². The summed E-state index contributed by atoms with van der Waals surface area (Å²) in [5, 5.41) is 4.62. The molecule has 112 valence electrons. The molecule has 1 nitrogen and oxygen atoms in total. The van der Waals surface area contributed by atoms with Crippen molar-refractivity contribution in [1.29, 1.82) is 0 Å². The average Bonchev–Trinajstić information content (AvgIpc) is 2.49. The Kier molecular flexibility index (Phi) is 6.04. The van der Waals surface area contributed by atoms with E-state index in [9.17, 15) is 4.39 Å². The quantitative estimate of drug-likeness (QED) is 0.748. The Balaban J connectivity index is 2.23. The van der Waals surface area contributed by atoms with Gasteiger partial charge in [-0.2, -0.15) is 0 Å². The number of hydrogen-bond acceptors (Lipinski definition) is 1. The zero-order chi connectivity index (χ0) is 15.2. The fourth-order valence-corrected chi connectivity index (χ4v) is 2.64. The molecule has 0 saturated heterocycles. The monoisotopic (exact) mass is 325 g/mol. The van der Waals surface area contributed by atoms with E-state index in [0.717, 1.165) is 24.1 Å². The summed E-state index contributed by atoms with van der Waals surface area (Å²) in [5.41, 5.74) is 2.03. The third-order valence-electron chi connectivity index (χ3n) is 3.37. The van der Waals surface area contributed by atoms with Crippen LogP contribution in [-0.2, 0) is 6.42 Å². The zero-order valence-electron chi connectivity index (χ0n) is 11.9. The lowest BCUT2D eigenvalue weighted by Crippen LogP contribution is -2.24. The first-order valence-electron chi connectivity index (χ1n) is 7.03. The Morgan fingerprint density at radius 3 is 2.48 bits per heavy atom. The van der Waals surface area contributed by atoms with Gasteiger partial charge >= 0.3 is 0 Å². The number of benzene rings is 2. The molecule has 0 heterocycles. The summed E-state index contributed by atoms with van der Waals surface area (Å²) >= 11 is 12.3. The van der Waals surface area contributed by atoms with Crippen LogP contribution >= 0.6 is 23.2 Å². The molecule has 0 spiro atoms. The summed E-state index contributed by atoms with van der Waals surface area (Å²) in [6.07, 6.45) is 1.74. The van der Waals surface area contributed by atoms with Crippen molar-refractivity contribution in [2.75, 3.05) is 6.54 Å². The molecule has 2 aromatic rings. The molecule has 0 saturated carbocycles. The fourth-order valence-electron chi connectivity index (χ4n) is 2.25. The van der Waals surface area contributed by atoms with Gasteiger partial charge in [-0.25, -0.2) is 4.39 Å². The van der Waals surface area contributed by atoms with Crippen molar-refractivity contribution >= 4 is 23.2 Å². The van der Waals surface area contributed by atoms with Crippen LogP contribution in [0.3, 0.4) is 0 Å². The van der Waals surface area contributed by atoms with Crippen molar-refractivity contribution in [3.8, 4) is 0 Å². The van der Waals surface area contributed by atoms with E-state index in [-0.39, 0.29) is 11.9 Å². The molecule has 0 radical (unpaired) electrons. The van der Waals surface area contributed by atoms with Gasteiger partial charge in [-0.3, -0.25) is 0 Å². The van der Waals surface area contributed by atoms with E-state index in [0.29, 0.717) is 16.5 Å². The van der Waals surface area contributed by atoms with Gasteiger partial charge in [0.1, 0.15) is 5.82 Å². The fraction of sp³-hybridized carbons (Fsp3) is 0.294. The van der Waals surface area contributed by atoms with Crippen molar-refractivity contribution in [3.05, 3.63) is 69.5 Å². The Morgan fingerprint density at radius 1 is 1.10 bits per heavy atom. The minimum atomic E-state index is -0.228. The normalized spacial score (nSPS) is 12.4. The van der Waals surface area contributed by atoms with E-state index in [4.69, 9.17) is 23.2 Å². The topological polar surface area (TPSA) is 12.0 Å². The van der Waals surface area contributed by atoms with Gasteiger partial charge in [-0.15, -0.1) is 0 Å². The van der Waals surface area contributed by atoms with E-state index in [1.54, 1.807) is 18.2 Å². The maximum absolute atomic E-state index is 13.1. The summed E-state index contributed by atoms with van der Waals surface area (Å²) in [6, 6.07) is 12.3. The second-order valence-electron chi connectivity index (χ2n) is 4.98. The molecule has 0 bridgehead atoms. The van der Waals surface area contributed by atoms with Crippen LogP contribution < -0.4 is 5.32 Å². The number of nitrogens with one attached hydrogen (secondary N) is 1. The van der Waals surface area contributed by atoms with Gasteiger partial charge in [0.2, 0.25) is 0 Å². The van der Waals surface area contributed by atoms with E-state index < -0.39 is 0 Å². The molecule has 1 N–H and O–H groups in total. The smallest absolute Gasteiger partial charge is 0.123 e. The predicted molar refractivity (Wildman–Crippen MR) is 87.6 cm³/mol. The van der Waals surface area contributed by atoms with Crippen LogP contribution in [0.5, 0.6) is 0 Å². The van der Waals surface area contributed by atoms with Gasteiger partial charge < -0.3 is 5.32 Å².